The maximum absolute atomic E-state index is 6.02. The summed E-state index contributed by atoms with van der Waals surface area (Å²) in [5.41, 5.74) is 1.24. The van der Waals surface area contributed by atoms with Gasteiger partial charge in [0.25, 0.3) is 0 Å². The molecule has 92 valence electrons. The van der Waals surface area contributed by atoms with Crippen molar-refractivity contribution in [3.05, 3.63) is 35.9 Å². The van der Waals surface area contributed by atoms with Crippen molar-refractivity contribution < 1.29 is 14.0 Å². The molecule has 2 aliphatic rings. The Morgan fingerprint density at radius 3 is 2.76 bits per heavy atom. The van der Waals surface area contributed by atoms with Crippen LogP contribution in [0.2, 0.25) is 0 Å². The van der Waals surface area contributed by atoms with Gasteiger partial charge in [-0.15, -0.1) is 0 Å². The molecule has 2 saturated heterocycles. The van der Waals surface area contributed by atoms with Crippen LogP contribution in [0.5, 0.6) is 0 Å². The molecular formula is C14H20NO2+. The highest BCUT2D eigenvalue weighted by atomic mass is 16.6. The second-order valence-electron chi connectivity index (χ2n) is 5.78. The van der Waals surface area contributed by atoms with E-state index in [1.807, 2.05) is 6.07 Å². The summed E-state index contributed by atoms with van der Waals surface area (Å²) in [6.45, 7) is 2.86. The lowest BCUT2D eigenvalue weighted by Gasteiger charge is -2.35. The Hall–Kier alpha value is -0.900. The van der Waals surface area contributed by atoms with Crippen LogP contribution < -0.4 is 0 Å². The third-order valence-corrected chi connectivity index (χ3v) is 3.64. The molecule has 3 nitrogen and oxygen atoms in total. The van der Waals surface area contributed by atoms with E-state index in [0.29, 0.717) is 18.8 Å². The van der Waals surface area contributed by atoms with Gasteiger partial charge in [0.05, 0.1) is 20.7 Å². The van der Waals surface area contributed by atoms with Gasteiger partial charge >= 0.3 is 0 Å². The largest absolute Gasteiger partial charge is 0.365 e. The van der Waals surface area contributed by atoms with E-state index in [-0.39, 0.29) is 6.10 Å². The fourth-order valence-corrected chi connectivity index (χ4v) is 2.71. The summed E-state index contributed by atoms with van der Waals surface area (Å²) in [5.74, 6) is 0. The van der Waals surface area contributed by atoms with Gasteiger partial charge in [-0.2, -0.15) is 0 Å². The fourth-order valence-electron chi connectivity index (χ4n) is 2.71. The van der Waals surface area contributed by atoms with Gasteiger partial charge in [-0.3, -0.25) is 0 Å². The molecule has 17 heavy (non-hydrogen) atoms. The molecule has 3 heteroatoms. The minimum Gasteiger partial charge on any atom is -0.365 e. The standard InChI is InChI=1S/C14H20NO2/c1-15(2)8-12(14-13(9-15)17-14)16-10-11-6-4-3-5-7-11/h3-7,12-14H,8-10H2,1-2H3/q+1/t12-,13-,14-/m1/s1. The van der Waals surface area contributed by atoms with Crippen LogP contribution in [0.3, 0.4) is 0 Å². The van der Waals surface area contributed by atoms with Crippen LogP contribution in [0.25, 0.3) is 0 Å². The Kier molecular flexibility index (Phi) is 2.69. The number of fused-ring (bicyclic) bond motifs is 1. The van der Waals surface area contributed by atoms with Crippen molar-refractivity contribution in [1.82, 2.24) is 0 Å². The number of hydrogen-bond donors (Lipinski definition) is 0. The summed E-state index contributed by atoms with van der Waals surface area (Å²) in [6.07, 6.45) is 1.04. The van der Waals surface area contributed by atoms with Gasteiger partial charge in [0.2, 0.25) is 0 Å². The molecule has 2 fully saturated rings. The number of hydrogen-bond acceptors (Lipinski definition) is 2. The van der Waals surface area contributed by atoms with Crippen molar-refractivity contribution in [3.63, 3.8) is 0 Å². The van der Waals surface area contributed by atoms with Crippen LogP contribution in [-0.4, -0.2) is 50.0 Å². The second-order valence-corrected chi connectivity index (χ2v) is 5.78. The highest BCUT2D eigenvalue weighted by molar-refractivity contribution is 5.13. The quantitative estimate of drug-likeness (QED) is 0.583. The smallest absolute Gasteiger partial charge is 0.136 e. The summed E-state index contributed by atoms with van der Waals surface area (Å²) in [7, 11) is 4.49. The van der Waals surface area contributed by atoms with Gasteiger partial charge in [-0.25, -0.2) is 0 Å². The van der Waals surface area contributed by atoms with E-state index >= 15 is 0 Å². The van der Waals surface area contributed by atoms with Crippen molar-refractivity contribution >= 4 is 0 Å². The second kappa shape index (κ2) is 4.09. The van der Waals surface area contributed by atoms with Crippen LogP contribution in [0.4, 0.5) is 0 Å². The topological polar surface area (TPSA) is 21.8 Å². The molecule has 0 radical (unpaired) electrons. The van der Waals surface area contributed by atoms with E-state index in [1.54, 1.807) is 0 Å². The summed E-state index contributed by atoms with van der Waals surface area (Å²) in [4.78, 5) is 0. The van der Waals surface area contributed by atoms with Gasteiger partial charge in [-0.05, 0) is 5.56 Å². The first kappa shape index (κ1) is 11.2. The summed E-state index contributed by atoms with van der Waals surface area (Å²) < 4.78 is 12.7. The van der Waals surface area contributed by atoms with Gasteiger partial charge in [0, 0.05) is 0 Å². The Balaban J connectivity index is 1.59. The molecule has 0 aliphatic carbocycles. The van der Waals surface area contributed by atoms with Crippen LogP contribution in [0, 0.1) is 0 Å². The molecule has 1 aromatic rings. The SMILES string of the molecule is C[N+]1(C)C[C@@H](OCc2ccccc2)[C@H]2O[C@@H]2C1. The summed E-state index contributed by atoms with van der Waals surface area (Å²) >= 11 is 0. The van der Waals surface area contributed by atoms with Crippen LogP contribution in [-0.2, 0) is 16.1 Å². The number of likely N-dealkylation sites (N-methyl/N-ethyl adjacent to an activating group) is 1. The van der Waals surface area contributed by atoms with Crippen LogP contribution in [0.15, 0.2) is 30.3 Å². The predicted molar refractivity (Wildman–Crippen MR) is 65.5 cm³/mol. The normalized spacial score (nSPS) is 34.1. The zero-order chi connectivity index (χ0) is 11.9. The Labute approximate surface area is 103 Å². The summed E-state index contributed by atoms with van der Waals surface area (Å²) in [5, 5.41) is 0. The number of benzene rings is 1. The van der Waals surface area contributed by atoms with E-state index in [2.05, 4.69) is 38.4 Å². The van der Waals surface area contributed by atoms with E-state index in [1.165, 1.54) is 5.56 Å². The molecule has 0 spiro atoms. The molecule has 2 heterocycles. The fraction of sp³-hybridized carbons (Fsp3) is 0.571. The number of ether oxygens (including phenoxy) is 2. The lowest BCUT2D eigenvalue weighted by molar-refractivity contribution is -0.896. The lowest BCUT2D eigenvalue weighted by Crippen LogP contribution is -2.54. The zero-order valence-corrected chi connectivity index (χ0v) is 10.5. The zero-order valence-electron chi connectivity index (χ0n) is 10.5. The van der Waals surface area contributed by atoms with Crippen molar-refractivity contribution in [1.29, 1.82) is 0 Å². The van der Waals surface area contributed by atoms with E-state index in [0.717, 1.165) is 17.6 Å². The van der Waals surface area contributed by atoms with Gasteiger partial charge in [0.15, 0.2) is 0 Å². The highest BCUT2D eigenvalue weighted by Gasteiger charge is 2.55. The van der Waals surface area contributed by atoms with Crippen molar-refractivity contribution in [2.75, 3.05) is 27.2 Å². The maximum atomic E-state index is 6.02. The average Bonchev–Trinajstić information content (AvgIpc) is 3.04. The molecule has 0 N–H and O–H groups in total. The number of quaternary nitrogens is 1. The Morgan fingerprint density at radius 2 is 2.00 bits per heavy atom. The van der Waals surface area contributed by atoms with Crippen molar-refractivity contribution in [2.45, 2.75) is 24.9 Å². The monoisotopic (exact) mass is 234 g/mol. The molecule has 3 atom stereocenters. The number of nitrogens with zero attached hydrogens (tertiary/aromatic N) is 1. The first-order valence-electron chi connectivity index (χ1n) is 6.27. The molecule has 0 bridgehead atoms. The van der Waals surface area contributed by atoms with E-state index in [4.69, 9.17) is 9.47 Å². The molecule has 2 aliphatic heterocycles. The van der Waals surface area contributed by atoms with E-state index < -0.39 is 0 Å². The molecular weight excluding hydrogens is 214 g/mol. The first-order chi connectivity index (χ1) is 8.14. The number of piperidine rings is 1. The molecule has 0 unspecified atom stereocenters. The van der Waals surface area contributed by atoms with Crippen LogP contribution in [0.1, 0.15) is 5.56 Å². The lowest BCUT2D eigenvalue weighted by atomic mass is 10.1. The maximum Gasteiger partial charge on any atom is 0.136 e. The molecule has 3 rings (SSSR count). The molecule has 1 aromatic carbocycles. The number of rotatable bonds is 3. The minimum absolute atomic E-state index is 0.254. The number of epoxide rings is 1. The highest BCUT2D eigenvalue weighted by Crippen LogP contribution is 2.35. The van der Waals surface area contributed by atoms with Crippen molar-refractivity contribution in [2.24, 2.45) is 0 Å². The Morgan fingerprint density at radius 1 is 1.24 bits per heavy atom. The van der Waals surface area contributed by atoms with Gasteiger partial charge in [-0.1, -0.05) is 30.3 Å². The van der Waals surface area contributed by atoms with Crippen molar-refractivity contribution in [3.8, 4) is 0 Å². The average molecular weight is 234 g/mol. The Bertz CT molecular complexity index is 390. The van der Waals surface area contributed by atoms with Crippen LogP contribution >= 0.6 is 0 Å². The third-order valence-electron chi connectivity index (χ3n) is 3.64. The van der Waals surface area contributed by atoms with E-state index in [9.17, 15) is 0 Å². The first-order valence-corrected chi connectivity index (χ1v) is 6.27. The number of likely N-dealkylation sites (tertiary alicyclic amines) is 1. The van der Waals surface area contributed by atoms with Gasteiger partial charge < -0.3 is 14.0 Å². The molecule has 0 saturated carbocycles. The minimum atomic E-state index is 0.254. The molecule has 0 amide bonds. The predicted octanol–water partition coefficient (Wildman–Crippen LogP) is 1.43. The molecule has 0 aromatic heterocycles. The third kappa shape index (κ3) is 2.51. The summed E-state index contributed by atoms with van der Waals surface area (Å²) in [6, 6.07) is 10.3. The van der Waals surface area contributed by atoms with Gasteiger partial charge in [0.1, 0.15) is 31.4 Å².